The predicted octanol–water partition coefficient (Wildman–Crippen LogP) is 3.65. The number of hydrogen-bond donors (Lipinski definition) is 2. The van der Waals surface area contributed by atoms with Crippen LogP contribution >= 0.6 is 23.4 Å². The third kappa shape index (κ3) is 4.49. The highest BCUT2D eigenvalue weighted by atomic mass is 35.5. The maximum absolute atomic E-state index is 12.9. The average Bonchev–Trinajstić information content (AvgIpc) is 2.47. The van der Waals surface area contributed by atoms with Crippen molar-refractivity contribution in [2.24, 2.45) is 5.84 Å². The fraction of sp³-hybridized carbons (Fsp3) is 0.200. The molecular weight excluding hydrogens is 295 g/mol. The van der Waals surface area contributed by atoms with E-state index in [1.807, 2.05) is 24.3 Å². The van der Waals surface area contributed by atoms with Crippen molar-refractivity contribution in [2.45, 2.75) is 17.4 Å². The summed E-state index contributed by atoms with van der Waals surface area (Å²) in [5, 5.41) is 0.745. The lowest BCUT2D eigenvalue weighted by atomic mass is 10.1. The van der Waals surface area contributed by atoms with Gasteiger partial charge in [-0.05, 0) is 36.2 Å². The van der Waals surface area contributed by atoms with Gasteiger partial charge in [-0.25, -0.2) is 4.39 Å². The molecule has 0 saturated carbocycles. The zero-order valence-electron chi connectivity index (χ0n) is 10.9. The van der Waals surface area contributed by atoms with Gasteiger partial charge in [0.15, 0.2) is 0 Å². The molecule has 0 aromatic heterocycles. The van der Waals surface area contributed by atoms with E-state index in [1.165, 1.54) is 12.1 Å². The number of halogens is 2. The minimum atomic E-state index is -0.226. The van der Waals surface area contributed by atoms with Gasteiger partial charge in [-0.2, -0.15) is 0 Å². The van der Waals surface area contributed by atoms with Gasteiger partial charge >= 0.3 is 0 Å². The van der Waals surface area contributed by atoms with Crippen LogP contribution < -0.4 is 11.3 Å². The lowest BCUT2D eigenvalue weighted by molar-refractivity contribution is 0.573. The lowest BCUT2D eigenvalue weighted by Crippen LogP contribution is -2.38. The first-order valence-corrected chi connectivity index (χ1v) is 7.63. The predicted molar refractivity (Wildman–Crippen MR) is 83.4 cm³/mol. The van der Waals surface area contributed by atoms with Gasteiger partial charge in [-0.1, -0.05) is 35.9 Å². The molecule has 0 radical (unpaired) electrons. The van der Waals surface area contributed by atoms with Crippen molar-refractivity contribution in [2.75, 3.05) is 5.75 Å². The van der Waals surface area contributed by atoms with Gasteiger partial charge in [0.05, 0.1) is 5.02 Å². The number of rotatable bonds is 6. The van der Waals surface area contributed by atoms with Crippen LogP contribution in [0.1, 0.15) is 5.56 Å². The maximum atomic E-state index is 12.9. The highest BCUT2D eigenvalue weighted by Gasteiger charge is 2.10. The van der Waals surface area contributed by atoms with Crippen LogP contribution in [0.25, 0.3) is 0 Å². The molecule has 0 saturated heterocycles. The van der Waals surface area contributed by atoms with Crippen LogP contribution in [0.15, 0.2) is 53.4 Å². The van der Waals surface area contributed by atoms with Gasteiger partial charge in [0.1, 0.15) is 5.82 Å². The Bertz CT molecular complexity index is 548. The second-order valence-corrected chi connectivity index (χ2v) is 5.90. The SMILES string of the molecule is NNC(CSc1ccccc1Cl)Cc1ccc(F)cc1. The highest BCUT2D eigenvalue weighted by molar-refractivity contribution is 7.99. The summed E-state index contributed by atoms with van der Waals surface area (Å²) in [6.07, 6.45) is 0.744. The first kappa shape index (κ1) is 15.3. The number of thioether (sulfide) groups is 1. The molecule has 2 nitrogen and oxygen atoms in total. The van der Waals surface area contributed by atoms with Crippen LogP contribution in [0.3, 0.4) is 0 Å². The number of nitrogens with two attached hydrogens (primary N) is 1. The van der Waals surface area contributed by atoms with E-state index < -0.39 is 0 Å². The molecule has 0 bridgehead atoms. The van der Waals surface area contributed by atoms with Gasteiger partial charge in [0.2, 0.25) is 0 Å². The molecule has 1 unspecified atom stereocenters. The Hall–Kier alpha value is -1.07. The van der Waals surface area contributed by atoms with E-state index in [1.54, 1.807) is 23.9 Å². The van der Waals surface area contributed by atoms with Crippen molar-refractivity contribution < 1.29 is 4.39 Å². The maximum Gasteiger partial charge on any atom is 0.123 e. The summed E-state index contributed by atoms with van der Waals surface area (Å²) in [7, 11) is 0. The molecule has 0 amide bonds. The van der Waals surface area contributed by atoms with E-state index in [4.69, 9.17) is 17.4 Å². The summed E-state index contributed by atoms with van der Waals surface area (Å²) < 4.78 is 12.9. The van der Waals surface area contributed by atoms with Gasteiger partial charge in [0.25, 0.3) is 0 Å². The summed E-state index contributed by atoms with van der Waals surface area (Å²) in [4.78, 5) is 1.04. The Morgan fingerprint density at radius 2 is 1.85 bits per heavy atom. The second-order valence-electron chi connectivity index (χ2n) is 4.44. The topological polar surface area (TPSA) is 38.0 Å². The number of benzene rings is 2. The summed E-state index contributed by atoms with van der Waals surface area (Å²) in [6.45, 7) is 0. The van der Waals surface area contributed by atoms with Crippen molar-refractivity contribution in [1.82, 2.24) is 5.43 Å². The Morgan fingerprint density at radius 1 is 1.15 bits per heavy atom. The van der Waals surface area contributed by atoms with Gasteiger partial charge < -0.3 is 0 Å². The van der Waals surface area contributed by atoms with E-state index in [0.29, 0.717) is 0 Å². The monoisotopic (exact) mass is 310 g/mol. The van der Waals surface area contributed by atoms with E-state index in [2.05, 4.69) is 5.43 Å². The molecule has 0 spiro atoms. The smallest absolute Gasteiger partial charge is 0.123 e. The largest absolute Gasteiger partial charge is 0.271 e. The van der Waals surface area contributed by atoms with Crippen LogP contribution in [-0.4, -0.2) is 11.8 Å². The van der Waals surface area contributed by atoms with Crippen LogP contribution in [0, 0.1) is 5.82 Å². The number of hydrazine groups is 1. The van der Waals surface area contributed by atoms with Gasteiger partial charge in [-0.15, -0.1) is 11.8 Å². The zero-order chi connectivity index (χ0) is 14.4. The molecule has 20 heavy (non-hydrogen) atoms. The fourth-order valence-electron chi connectivity index (χ4n) is 1.82. The van der Waals surface area contributed by atoms with E-state index in [0.717, 1.165) is 27.7 Å². The Labute approximate surface area is 127 Å². The summed E-state index contributed by atoms with van der Waals surface area (Å²) in [5.74, 6) is 6.15. The summed E-state index contributed by atoms with van der Waals surface area (Å²) >= 11 is 7.77. The van der Waals surface area contributed by atoms with E-state index >= 15 is 0 Å². The standard InChI is InChI=1S/C15H16ClFN2S/c16-14-3-1-2-4-15(14)20-10-13(19-18)9-11-5-7-12(17)8-6-11/h1-8,13,19H,9-10,18H2. The first-order chi connectivity index (χ1) is 9.69. The molecular formula is C15H16ClFN2S. The van der Waals surface area contributed by atoms with Crippen LogP contribution in [0.4, 0.5) is 4.39 Å². The molecule has 2 rings (SSSR count). The van der Waals surface area contributed by atoms with E-state index in [-0.39, 0.29) is 11.9 Å². The van der Waals surface area contributed by atoms with Crippen LogP contribution in [-0.2, 0) is 6.42 Å². The molecule has 0 aliphatic rings. The molecule has 1 atom stereocenters. The minimum absolute atomic E-state index is 0.0988. The molecule has 0 aliphatic carbocycles. The molecule has 2 aromatic rings. The summed E-state index contributed by atoms with van der Waals surface area (Å²) in [5.41, 5.74) is 3.85. The Balaban J connectivity index is 1.92. The Kier molecular flexibility index (Phi) is 5.86. The molecule has 2 aromatic carbocycles. The van der Waals surface area contributed by atoms with Gasteiger partial charge in [0, 0.05) is 16.7 Å². The third-order valence-electron chi connectivity index (χ3n) is 2.91. The molecule has 3 N–H and O–H groups in total. The van der Waals surface area contributed by atoms with Crippen molar-refractivity contribution in [3.8, 4) is 0 Å². The van der Waals surface area contributed by atoms with Crippen LogP contribution in [0.2, 0.25) is 5.02 Å². The first-order valence-electron chi connectivity index (χ1n) is 6.27. The molecule has 0 aliphatic heterocycles. The van der Waals surface area contributed by atoms with E-state index in [9.17, 15) is 4.39 Å². The normalized spacial score (nSPS) is 12.3. The quantitative estimate of drug-likeness (QED) is 0.486. The average molecular weight is 311 g/mol. The number of hydrogen-bond acceptors (Lipinski definition) is 3. The molecule has 0 fully saturated rings. The van der Waals surface area contributed by atoms with Crippen molar-refractivity contribution in [3.63, 3.8) is 0 Å². The highest BCUT2D eigenvalue weighted by Crippen LogP contribution is 2.27. The summed E-state index contributed by atoms with van der Waals surface area (Å²) in [6, 6.07) is 14.3. The second kappa shape index (κ2) is 7.64. The lowest BCUT2D eigenvalue weighted by Gasteiger charge is -2.16. The molecule has 106 valence electrons. The van der Waals surface area contributed by atoms with Crippen molar-refractivity contribution in [1.29, 1.82) is 0 Å². The zero-order valence-corrected chi connectivity index (χ0v) is 12.4. The van der Waals surface area contributed by atoms with Crippen LogP contribution in [0.5, 0.6) is 0 Å². The van der Waals surface area contributed by atoms with Crippen molar-refractivity contribution in [3.05, 3.63) is 64.9 Å². The fourth-order valence-corrected chi connectivity index (χ4v) is 3.10. The molecule has 5 heteroatoms. The Morgan fingerprint density at radius 3 is 2.50 bits per heavy atom. The van der Waals surface area contributed by atoms with Gasteiger partial charge in [-0.3, -0.25) is 11.3 Å². The molecule has 0 heterocycles. The number of nitrogens with one attached hydrogen (secondary N) is 1. The van der Waals surface area contributed by atoms with Crippen molar-refractivity contribution >= 4 is 23.4 Å². The minimum Gasteiger partial charge on any atom is -0.271 e. The third-order valence-corrected chi connectivity index (χ3v) is 4.59.